The number of halogens is 5. The van der Waals surface area contributed by atoms with E-state index in [4.69, 9.17) is 16.6 Å². The zero-order chi connectivity index (χ0) is 25.4. The standard InChI is InChI=1S/C24H16F5N3O2S/c1-10(2)11-3-5-12(6-4-11)22(33)32-24(35)30-13-7-8-15-14(9-13)31-23(34-15)16-17(25)19(27)21(29)20(28)18(16)26/h3-10H,1-2H3,(H2,30,32,33,35). The maximum atomic E-state index is 14.1. The first-order chi connectivity index (χ1) is 16.6. The number of oxazole rings is 1. The van der Waals surface area contributed by atoms with E-state index in [0.717, 1.165) is 5.56 Å². The average Bonchev–Trinajstić information content (AvgIpc) is 3.24. The molecule has 0 fully saturated rings. The molecule has 4 aromatic rings. The molecule has 1 heterocycles. The van der Waals surface area contributed by atoms with E-state index in [-0.39, 0.29) is 16.2 Å². The van der Waals surface area contributed by atoms with Gasteiger partial charge in [-0.05, 0) is 54.0 Å². The van der Waals surface area contributed by atoms with Gasteiger partial charge in [-0.2, -0.15) is 0 Å². The summed E-state index contributed by atoms with van der Waals surface area (Å²) >= 11 is 5.15. The highest BCUT2D eigenvalue weighted by Crippen LogP contribution is 2.33. The van der Waals surface area contributed by atoms with Crippen LogP contribution < -0.4 is 10.6 Å². The predicted molar refractivity (Wildman–Crippen MR) is 123 cm³/mol. The van der Waals surface area contributed by atoms with E-state index in [0.29, 0.717) is 17.2 Å². The number of anilines is 1. The highest BCUT2D eigenvalue weighted by atomic mass is 32.1. The van der Waals surface area contributed by atoms with Crippen LogP contribution in [-0.4, -0.2) is 16.0 Å². The van der Waals surface area contributed by atoms with Crippen molar-refractivity contribution >= 4 is 40.0 Å². The van der Waals surface area contributed by atoms with Gasteiger partial charge < -0.3 is 9.73 Å². The number of nitrogens with one attached hydrogen (secondary N) is 2. The van der Waals surface area contributed by atoms with Crippen LogP contribution in [0, 0.1) is 29.1 Å². The Hall–Kier alpha value is -3.86. The monoisotopic (exact) mass is 505 g/mol. The van der Waals surface area contributed by atoms with Gasteiger partial charge in [0.1, 0.15) is 11.1 Å². The summed E-state index contributed by atoms with van der Waals surface area (Å²) < 4.78 is 73.8. The lowest BCUT2D eigenvalue weighted by atomic mass is 10.0. The minimum atomic E-state index is -2.28. The highest BCUT2D eigenvalue weighted by Gasteiger charge is 2.29. The SMILES string of the molecule is CC(C)c1ccc(C(=O)NC(=S)Nc2ccc3oc(-c4c(F)c(F)c(F)c(F)c4F)nc3c2)cc1. The molecule has 2 N–H and O–H groups in total. The summed E-state index contributed by atoms with van der Waals surface area (Å²) in [6.07, 6.45) is 0. The summed E-state index contributed by atoms with van der Waals surface area (Å²) in [5.41, 5.74) is 0.599. The maximum Gasteiger partial charge on any atom is 0.257 e. The van der Waals surface area contributed by atoms with E-state index in [2.05, 4.69) is 15.6 Å². The second-order valence-corrected chi connectivity index (χ2v) is 8.24. The van der Waals surface area contributed by atoms with Crippen molar-refractivity contribution in [3.8, 4) is 11.5 Å². The molecule has 0 aliphatic carbocycles. The summed E-state index contributed by atoms with van der Waals surface area (Å²) in [5.74, 6) is -11.5. The molecule has 11 heteroatoms. The number of hydrogen-bond donors (Lipinski definition) is 2. The van der Waals surface area contributed by atoms with Crippen molar-refractivity contribution in [2.75, 3.05) is 5.32 Å². The van der Waals surface area contributed by atoms with Gasteiger partial charge in [-0.25, -0.2) is 26.9 Å². The van der Waals surface area contributed by atoms with Gasteiger partial charge in [-0.3, -0.25) is 10.1 Å². The normalized spacial score (nSPS) is 11.2. The molecule has 0 saturated heterocycles. The van der Waals surface area contributed by atoms with E-state index < -0.39 is 46.4 Å². The Labute approximate surface area is 201 Å². The Balaban J connectivity index is 1.53. The van der Waals surface area contributed by atoms with Gasteiger partial charge in [0.25, 0.3) is 5.91 Å². The van der Waals surface area contributed by atoms with Crippen molar-refractivity contribution in [1.82, 2.24) is 10.3 Å². The lowest BCUT2D eigenvalue weighted by molar-refractivity contribution is 0.0977. The van der Waals surface area contributed by atoms with Gasteiger partial charge in [0.05, 0.1) is 0 Å². The van der Waals surface area contributed by atoms with Crippen LogP contribution >= 0.6 is 12.2 Å². The number of thiocarbonyl (C=S) groups is 1. The van der Waals surface area contributed by atoms with Gasteiger partial charge in [0.15, 0.2) is 34.0 Å². The van der Waals surface area contributed by atoms with E-state index in [1.165, 1.54) is 18.2 Å². The Morgan fingerprint density at radius 2 is 1.51 bits per heavy atom. The molecule has 0 bridgehead atoms. The zero-order valence-electron chi connectivity index (χ0n) is 18.2. The Bertz CT molecular complexity index is 1440. The summed E-state index contributed by atoms with van der Waals surface area (Å²) in [4.78, 5) is 16.3. The second kappa shape index (κ2) is 9.41. The molecule has 0 saturated carbocycles. The fraction of sp³-hybridized carbons (Fsp3) is 0.125. The van der Waals surface area contributed by atoms with Crippen LogP contribution in [0.4, 0.5) is 27.6 Å². The molecule has 0 radical (unpaired) electrons. The summed E-state index contributed by atoms with van der Waals surface area (Å²) in [6.45, 7) is 4.07. The first-order valence-corrected chi connectivity index (χ1v) is 10.6. The minimum absolute atomic E-state index is 0.0229. The van der Waals surface area contributed by atoms with Gasteiger partial charge >= 0.3 is 0 Å². The predicted octanol–water partition coefficient (Wildman–Crippen LogP) is 6.44. The number of hydrogen-bond acceptors (Lipinski definition) is 4. The van der Waals surface area contributed by atoms with Crippen LogP contribution in [0.25, 0.3) is 22.6 Å². The minimum Gasteiger partial charge on any atom is -0.436 e. The van der Waals surface area contributed by atoms with Crippen LogP contribution in [0.5, 0.6) is 0 Å². The number of fused-ring (bicyclic) bond motifs is 1. The Morgan fingerprint density at radius 1 is 0.914 bits per heavy atom. The molecular formula is C24H16F5N3O2S. The fourth-order valence-electron chi connectivity index (χ4n) is 3.26. The Kier molecular flexibility index (Phi) is 6.53. The molecule has 1 aromatic heterocycles. The van der Waals surface area contributed by atoms with Gasteiger partial charge in [-0.15, -0.1) is 0 Å². The molecular weight excluding hydrogens is 489 g/mol. The lowest BCUT2D eigenvalue weighted by Gasteiger charge is -2.10. The van der Waals surface area contributed by atoms with Crippen LogP contribution in [-0.2, 0) is 0 Å². The molecule has 3 aromatic carbocycles. The van der Waals surface area contributed by atoms with Crippen molar-refractivity contribution < 1.29 is 31.2 Å². The van der Waals surface area contributed by atoms with E-state index in [1.54, 1.807) is 12.1 Å². The molecule has 0 aliphatic heterocycles. The Morgan fingerprint density at radius 3 is 2.11 bits per heavy atom. The van der Waals surface area contributed by atoms with Crippen LogP contribution in [0.3, 0.4) is 0 Å². The smallest absolute Gasteiger partial charge is 0.257 e. The van der Waals surface area contributed by atoms with Gasteiger partial charge in [-0.1, -0.05) is 26.0 Å². The third kappa shape index (κ3) is 4.72. The quantitative estimate of drug-likeness (QED) is 0.145. The maximum absolute atomic E-state index is 14.1. The number of carbonyl (C=O) groups excluding carboxylic acids is 1. The number of rotatable bonds is 4. The molecule has 4 rings (SSSR count). The van der Waals surface area contributed by atoms with Crippen LogP contribution in [0.2, 0.25) is 0 Å². The molecule has 0 aliphatic rings. The number of nitrogens with zero attached hydrogens (tertiary/aromatic N) is 1. The first kappa shape index (κ1) is 24.3. The molecule has 0 spiro atoms. The highest BCUT2D eigenvalue weighted by molar-refractivity contribution is 7.80. The van der Waals surface area contributed by atoms with E-state index in [1.807, 2.05) is 26.0 Å². The molecule has 0 atom stereocenters. The zero-order valence-corrected chi connectivity index (χ0v) is 19.0. The van der Waals surface area contributed by atoms with Crippen LogP contribution in [0.15, 0.2) is 46.9 Å². The van der Waals surface area contributed by atoms with E-state index >= 15 is 0 Å². The summed E-state index contributed by atoms with van der Waals surface area (Å²) in [5, 5.41) is 5.25. The van der Waals surface area contributed by atoms with Gasteiger partial charge in [0.2, 0.25) is 11.7 Å². The number of benzene rings is 3. The largest absolute Gasteiger partial charge is 0.436 e. The topological polar surface area (TPSA) is 67.2 Å². The molecule has 0 unspecified atom stereocenters. The fourth-order valence-corrected chi connectivity index (χ4v) is 3.47. The van der Waals surface area contributed by atoms with Crippen molar-refractivity contribution in [2.45, 2.75) is 19.8 Å². The number of aromatic nitrogens is 1. The molecule has 5 nitrogen and oxygen atoms in total. The first-order valence-electron chi connectivity index (χ1n) is 10.2. The lowest BCUT2D eigenvalue weighted by Crippen LogP contribution is -2.34. The second-order valence-electron chi connectivity index (χ2n) is 7.83. The average molecular weight is 505 g/mol. The molecule has 1 amide bonds. The molecule has 180 valence electrons. The van der Waals surface area contributed by atoms with E-state index in [9.17, 15) is 26.7 Å². The van der Waals surface area contributed by atoms with Crippen molar-refractivity contribution in [3.05, 3.63) is 82.7 Å². The van der Waals surface area contributed by atoms with Crippen molar-refractivity contribution in [1.29, 1.82) is 0 Å². The third-order valence-corrected chi connectivity index (χ3v) is 5.34. The van der Waals surface area contributed by atoms with Crippen LogP contribution in [0.1, 0.15) is 35.7 Å². The number of carbonyl (C=O) groups is 1. The van der Waals surface area contributed by atoms with Crippen molar-refractivity contribution in [3.63, 3.8) is 0 Å². The summed E-state index contributed by atoms with van der Waals surface area (Å²) in [6, 6.07) is 11.2. The number of amides is 1. The molecule has 35 heavy (non-hydrogen) atoms. The third-order valence-electron chi connectivity index (χ3n) is 5.14. The van der Waals surface area contributed by atoms with Crippen molar-refractivity contribution in [2.24, 2.45) is 0 Å². The van der Waals surface area contributed by atoms with Gasteiger partial charge in [0, 0.05) is 11.3 Å². The summed E-state index contributed by atoms with van der Waals surface area (Å²) in [7, 11) is 0.